The predicted molar refractivity (Wildman–Crippen MR) is 89.5 cm³/mol. The molecule has 0 bridgehead atoms. The third kappa shape index (κ3) is 7.03. The summed E-state index contributed by atoms with van der Waals surface area (Å²) < 4.78 is 54.6. The van der Waals surface area contributed by atoms with Gasteiger partial charge in [0.15, 0.2) is 16.6 Å². The Labute approximate surface area is 140 Å². The van der Waals surface area contributed by atoms with Crippen molar-refractivity contribution in [3.63, 3.8) is 0 Å². The summed E-state index contributed by atoms with van der Waals surface area (Å²) in [5.74, 6) is 0. The molecule has 22 heavy (non-hydrogen) atoms. The van der Waals surface area contributed by atoms with E-state index < -0.39 is 38.1 Å². The van der Waals surface area contributed by atoms with Crippen LogP contribution < -0.4 is 0 Å². The minimum atomic E-state index is -4.69. The first-order valence-electron chi connectivity index (χ1n) is 8.25. The Hall–Kier alpha value is 0.636. The number of halogens is 3. The Balaban J connectivity index is 5.28. The van der Waals surface area contributed by atoms with E-state index in [1.807, 2.05) is 41.5 Å². The van der Waals surface area contributed by atoms with Crippen LogP contribution in [-0.2, 0) is 10.7 Å². The van der Waals surface area contributed by atoms with Crippen molar-refractivity contribution in [3.05, 3.63) is 0 Å². The topological polar surface area (TPSA) is 27.7 Å². The molecule has 0 fully saturated rings. The summed E-state index contributed by atoms with van der Waals surface area (Å²) in [6.07, 6.45) is -4.69. The van der Waals surface area contributed by atoms with Gasteiger partial charge in [0.2, 0.25) is 0 Å². The van der Waals surface area contributed by atoms with Crippen LogP contribution in [0.25, 0.3) is 0 Å². The maximum absolute atomic E-state index is 12.8. The third-order valence-electron chi connectivity index (χ3n) is 4.79. The van der Waals surface area contributed by atoms with Crippen LogP contribution in [0.5, 0.6) is 0 Å². The molecule has 0 N–H and O–H groups in total. The first-order chi connectivity index (χ1) is 10.1. The van der Waals surface area contributed by atoms with Crippen LogP contribution in [0.4, 0.5) is 13.2 Å². The summed E-state index contributed by atoms with van der Waals surface area (Å²) >= 11 is -3.22. The summed E-state index contributed by atoms with van der Waals surface area (Å²) in [5.41, 5.74) is 0. The number of hydrogen-bond acceptors (Lipinski definition) is 3. The summed E-state index contributed by atoms with van der Waals surface area (Å²) in [7, 11) is -4.37. The lowest BCUT2D eigenvalue weighted by molar-refractivity contribution is -0.287. The van der Waals surface area contributed by atoms with E-state index in [2.05, 4.69) is 3.79 Å². The maximum Gasteiger partial charge on any atom is 0.889 e. The molecule has 0 aromatic heterocycles. The van der Waals surface area contributed by atoms with Gasteiger partial charge in [0.1, 0.15) is 0 Å². The van der Waals surface area contributed by atoms with Crippen molar-refractivity contribution in [2.75, 3.05) is 0 Å². The van der Waals surface area contributed by atoms with Gasteiger partial charge in [0.05, 0.1) is 0 Å². The molecule has 0 amide bonds. The van der Waals surface area contributed by atoms with Gasteiger partial charge in [0.25, 0.3) is 0 Å². The molecule has 0 heterocycles. The molecule has 9 heteroatoms. The molecule has 132 valence electrons. The highest BCUT2D eigenvalue weighted by atomic mass is 28.4. The quantitative estimate of drug-likeness (QED) is 0.444. The molecule has 0 aliphatic heterocycles. The van der Waals surface area contributed by atoms with Gasteiger partial charge >= 0.3 is 21.5 Å². The number of alkyl halides is 3. The molecule has 0 spiro atoms. The Kier molecular flexibility index (Phi) is 10.1. The summed E-state index contributed by atoms with van der Waals surface area (Å²) in [5, 5.41) is 0. The van der Waals surface area contributed by atoms with Crippen molar-refractivity contribution in [2.45, 2.75) is 84.2 Å². The van der Waals surface area contributed by atoms with Gasteiger partial charge in [-0.2, -0.15) is 0 Å². The lowest BCUT2D eigenvalue weighted by Crippen LogP contribution is -2.52. The van der Waals surface area contributed by atoms with E-state index in [1.165, 1.54) is 0 Å². The second-order valence-electron chi connectivity index (χ2n) is 5.58. The van der Waals surface area contributed by atoms with Crippen LogP contribution >= 0.6 is 0 Å². The predicted octanol–water partition coefficient (Wildman–Crippen LogP) is 5.55. The van der Waals surface area contributed by atoms with Crippen LogP contribution in [0.1, 0.15) is 41.5 Å². The van der Waals surface area contributed by atoms with Crippen LogP contribution in [0, 0.1) is 0 Å². The molecule has 3 nitrogen and oxygen atoms in total. The molecule has 0 aliphatic carbocycles. The first kappa shape index (κ1) is 22.6. The van der Waals surface area contributed by atoms with Crippen LogP contribution in [0.2, 0.25) is 36.3 Å². The molecule has 0 aromatic carbocycles. The maximum atomic E-state index is 12.8. The molecule has 0 aliphatic rings. The Morgan fingerprint density at radius 1 is 0.682 bits per heavy atom. The molecular weight excluding hydrogens is 344 g/mol. The lowest BCUT2D eigenvalue weighted by Gasteiger charge is -2.36. The van der Waals surface area contributed by atoms with E-state index >= 15 is 0 Å². The molecule has 0 rings (SSSR count). The monoisotopic (exact) mass is 374 g/mol. The second kappa shape index (κ2) is 9.82. The highest BCUT2D eigenvalue weighted by Gasteiger charge is 2.51. The lowest BCUT2D eigenvalue weighted by atomic mass is 10.9. The van der Waals surface area contributed by atoms with Crippen molar-refractivity contribution in [1.29, 1.82) is 0 Å². The van der Waals surface area contributed by atoms with Gasteiger partial charge in [-0.3, -0.25) is 0 Å². The molecule has 0 saturated carbocycles. The van der Waals surface area contributed by atoms with Crippen LogP contribution in [0.15, 0.2) is 0 Å². The van der Waals surface area contributed by atoms with E-state index in [-0.39, 0.29) is 0 Å². The standard InChI is InChI=1S/2C6H15OSi.CF3O.Al/c2*1-4-8(7,5-2)6-3;2-1(3,4)5;/h2*4-6H2,1-3H3;;/q3*-1;+3. The van der Waals surface area contributed by atoms with Crippen molar-refractivity contribution >= 4 is 31.8 Å². The normalized spacial score (nSPS) is 13.5. The van der Waals surface area contributed by atoms with Gasteiger partial charge in [-0.15, -0.1) is 13.2 Å². The fourth-order valence-corrected chi connectivity index (χ4v) is 14.1. The Morgan fingerprint density at radius 3 is 1.14 bits per heavy atom. The van der Waals surface area contributed by atoms with Crippen molar-refractivity contribution in [3.8, 4) is 0 Å². The zero-order chi connectivity index (χ0) is 17.4. The van der Waals surface area contributed by atoms with E-state index in [0.717, 1.165) is 36.3 Å². The van der Waals surface area contributed by atoms with Crippen molar-refractivity contribution < 1.29 is 23.9 Å². The Bertz CT molecular complexity index is 273. The SMILES string of the molecule is CC[Si](CC)(CC)[O][Al]([O]C(F)(F)F)[O][Si](CC)(CC)CC. The van der Waals surface area contributed by atoms with Gasteiger partial charge in [-0.05, 0) is 36.3 Å². The number of hydrogen-bond donors (Lipinski definition) is 0. The van der Waals surface area contributed by atoms with Gasteiger partial charge < -0.3 is 10.7 Å². The molecule has 0 saturated heterocycles. The molecular formula is C13H30AlF3O3Si2. The summed E-state index contributed by atoms with van der Waals surface area (Å²) in [6, 6.07) is 4.71. The second-order valence-corrected chi connectivity index (χ2v) is 17.2. The smallest absolute Gasteiger partial charge is 0.498 e. The van der Waals surface area contributed by atoms with Gasteiger partial charge in [-0.1, -0.05) is 41.5 Å². The fraction of sp³-hybridized carbons (Fsp3) is 1.00. The highest BCUT2D eigenvalue weighted by Crippen LogP contribution is 2.30. The average Bonchev–Trinajstić information content (AvgIpc) is 2.49. The summed E-state index contributed by atoms with van der Waals surface area (Å²) in [6.45, 7) is 11.9. The van der Waals surface area contributed by atoms with Crippen LogP contribution in [-0.4, -0.2) is 38.1 Å². The fourth-order valence-electron chi connectivity index (χ4n) is 2.59. The third-order valence-corrected chi connectivity index (χ3v) is 18.5. The van der Waals surface area contributed by atoms with E-state index in [0.29, 0.717) is 0 Å². The van der Waals surface area contributed by atoms with Gasteiger partial charge in [0, 0.05) is 0 Å². The van der Waals surface area contributed by atoms with Crippen molar-refractivity contribution in [2.24, 2.45) is 0 Å². The summed E-state index contributed by atoms with van der Waals surface area (Å²) in [4.78, 5) is 0. The van der Waals surface area contributed by atoms with Gasteiger partial charge in [-0.25, -0.2) is 0 Å². The highest BCUT2D eigenvalue weighted by molar-refractivity contribution is 6.82. The zero-order valence-electron chi connectivity index (χ0n) is 14.7. The van der Waals surface area contributed by atoms with E-state index in [4.69, 9.17) is 6.96 Å². The van der Waals surface area contributed by atoms with E-state index in [1.54, 1.807) is 0 Å². The molecule has 0 atom stereocenters. The minimum absolute atomic E-state index is 0.785. The molecule has 0 unspecified atom stereocenters. The number of rotatable bonds is 11. The molecule has 0 radical (unpaired) electrons. The van der Waals surface area contributed by atoms with Crippen LogP contribution in [0.3, 0.4) is 0 Å². The first-order valence-corrected chi connectivity index (χ1v) is 14.7. The minimum Gasteiger partial charge on any atom is -0.498 e. The molecule has 0 aromatic rings. The zero-order valence-corrected chi connectivity index (χ0v) is 17.8. The largest absolute Gasteiger partial charge is 0.889 e. The van der Waals surface area contributed by atoms with Crippen molar-refractivity contribution in [1.82, 2.24) is 0 Å². The Morgan fingerprint density at radius 2 is 0.955 bits per heavy atom. The average molecular weight is 375 g/mol. The van der Waals surface area contributed by atoms with E-state index in [9.17, 15) is 13.2 Å².